The molecule has 1 aliphatic heterocycles. The van der Waals surface area contributed by atoms with Gasteiger partial charge in [-0.2, -0.15) is 0 Å². The van der Waals surface area contributed by atoms with Crippen LogP contribution < -0.4 is 10.6 Å². The molecule has 1 atom stereocenters. The summed E-state index contributed by atoms with van der Waals surface area (Å²) in [4.78, 5) is 30.4. The van der Waals surface area contributed by atoms with Crippen LogP contribution in [0.5, 0.6) is 0 Å². The molecule has 6 nitrogen and oxygen atoms in total. The summed E-state index contributed by atoms with van der Waals surface area (Å²) >= 11 is 0. The molecule has 0 saturated carbocycles. The molecule has 0 spiro atoms. The van der Waals surface area contributed by atoms with Crippen LogP contribution in [-0.4, -0.2) is 27.4 Å². The minimum atomic E-state index is -0.255. The van der Waals surface area contributed by atoms with Crippen molar-refractivity contribution in [3.05, 3.63) is 47.0 Å². The summed E-state index contributed by atoms with van der Waals surface area (Å²) in [6.45, 7) is 11.1. The first-order valence-corrected chi connectivity index (χ1v) is 10.5. The van der Waals surface area contributed by atoms with Gasteiger partial charge in [0, 0.05) is 18.3 Å². The van der Waals surface area contributed by atoms with Gasteiger partial charge in [-0.3, -0.25) is 9.59 Å². The number of anilines is 1. The van der Waals surface area contributed by atoms with Gasteiger partial charge >= 0.3 is 0 Å². The van der Waals surface area contributed by atoms with Crippen molar-refractivity contribution in [2.45, 2.75) is 78.3 Å². The van der Waals surface area contributed by atoms with Crippen LogP contribution in [-0.2, 0) is 18.4 Å². The van der Waals surface area contributed by atoms with E-state index in [4.69, 9.17) is 0 Å². The summed E-state index contributed by atoms with van der Waals surface area (Å²) in [5.41, 5.74) is 2.97. The third kappa shape index (κ3) is 4.52. The number of aromatic nitrogens is 2. The van der Waals surface area contributed by atoms with Crippen molar-refractivity contribution in [1.29, 1.82) is 0 Å². The molecule has 0 fully saturated rings. The van der Waals surface area contributed by atoms with Crippen LogP contribution in [0.3, 0.4) is 0 Å². The Morgan fingerprint density at radius 2 is 1.90 bits per heavy atom. The minimum Gasteiger partial charge on any atom is -0.347 e. The van der Waals surface area contributed by atoms with E-state index in [-0.39, 0.29) is 23.3 Å². The molecular weight excluding hydrogens is 364 g/mol. The number of carbonyl (C=O) groups is 2. The van der Waals surface area contributed by atoms with Gasteiger partial charge in [-0.15, -0.1) is 0 Å². The lowest BCUT2D eigenvalue weighted by Crippen LogP contribution is -2.34. The Labute approximate surface area is 173 Å². The van der Waals surface area contributed by atoms with Crippen LogP contribution in [0.2, 0.25) is 0 Å². The molecule has 1 aromatic heterocycles. The molecule has 156 valence electrons. The number of fused-ring (bicyclic) bond motifs is 1. The Morgan fingerprint density at radius 1 is 1.17 bits per heavy atom. The molecule has 2 aromatic rings. The van der Waals surface area contributed by atoms with Crippen LogP contribution in [0.15, 0.2) is 24.3 Å². The van der Waals surface area contributed by atoms with Gasteiger partial charge in [0.2, 0.25) is 0 Å². The molecule has 1 unspecified atom stereocenters. The first-order chi connectivity index (χ1) is 13.7. The Kier molecular flexibility index (Phi) is 6.10. The van der Waals surface area contributed by atoms with Crippen LogP contribution in [0.4, 0.5) is 5.69 Å². The maximum atomic E-state index is 13.2. The molecule has 1 aromatic carbocycles. The van der Waals surface area contributed by atoms with E-state index in [1.807, 2.05) is 42.7 Å². The number of benzene rings is 1. The monoisotopic (exact) mass is 396 g/mol. The number of imidazole rings is 1. The molecule has 0 saturated heterocycles. The second kappa shape index (κ2) is 8.39. The van der Waals surface area contributed by atoms with Crippen molar-refractivity contribution in [1.82, 2.24) is 14.9 Å². The third-order valence-corrected chi connectivity index (χ3v) is 5.51. The number of para-hydroxylation sites is 1. The van der Waals surface area contributed by atoms with Crippen molar-refractivity contribution in [2.75, 3.05) is 5.32 Å². The molecule has 29 heavy (non-hydrogen) atoms. The highest BCUT2D eigenvalue weighted by atomic mass is 16.2. The summed E-state index contributed by atoms with van der Waals surface area (Å²) in [5.74, 6) is -0.124. The number of nitrogens with zero attached hydrogens (tertiary/aromatic N) is 2. The highest BCUT2D eigenvalue weighted by molar-refractivity contribution is 6.05. The summed E-state index contributed by atoms with van der Waals surface area (Å²) < 4.78 is 1.92. The predicted molar refractivity (Wildman–Crippen MR) is 115 cm³/mol. The standard InChI is InChI=1S/C23H32N4O2/c1-6-15(2)24-22(29)20-26-19(18-13-9-10-14-27(18)20)21(28)25-17-12-8-7-11-16(17)23(3,4)5/h7-8,11-12,15H,6,9-10,13-14H2,1-5H3,(H,24,29)(H,25,28). The van der Waals surface area contributed by atoms with Crippen molar-refractivity contribution in [2.24, 2.45) is 0 Å². The first-order valence-electron chi connectivity index (χ1n) is 10.5. The number of amides is 2. The van der Waals surface area contributed by atoms with Crippen LogP contribution in [0.1, 0.15) is 86.2 Å². The number of carbonyl (C=O) groups excluding carboxylic acids is 2. The zero-order valence-corrected chi connectivity index (χ0v) is 18.1. The molecule has 2 amide bonds. The second-order valence-corrected chi connectivity index (χ2v) is 8.87. The van der Waals surface area contributed by atoms with E-state index >= 15 is 0 Å². The lowest BCUT2D eigenvalue weighted by Gasteiger charge is -2.23. The molecule has 2 N–H and O–H groups in total. The van der Waals surface area contributed by atoms with Gasteiger partial charge in [-0.1, -0.05) is 45.9 Å². The lowest BCUT2D eigenvalue weighted by atomic mass is 9.86. The predicted octanol–water partition coefficient (Wildman–Crippen LogP) is 4.30. The summed E-state index contributed by atoms with van der Waals surface area (Å²) in [5, 5.41) is 6.01. The normalized spacial score (nSPS) is 14.8. The summed E-state index contributed by atoms with van der Waals surface area (Å²) in [7, 11) is 0. The Bertz CT molecular complexity index is 908. The molecular formula is C23H32N4O2. The van der Waals surface area contributed by atoms with Crippen molar-refractivity contribution < 1.29 is 9.59 Å². The highest BCUT2D eigenvalue weighted by Crippen LogP contribution is 2.30. The minimum absolute atomic E-state index is 0.0648. The van der Waals surface area contributed by atoms with Gasteiger partial charge in [0.25, 0.3) is 11.8 Å². The van der Waals surface area contributed by atoms with Gasteiger partial charge in [0.1, 0.15) is 0 Å². The van der Waals surface area contributed by atoms with Gasteiger partial charge in [-0.05, 0) is 49.7 Å². The van der Waals surface area contributed by atoms with E-state index in [1.165, 1.54) is 0 Å². The Morgan fingerprint density at radius 3 is 2.59 bits per heavy atom. The Balaban J connectivity index is 1.93. The van der Waals surface area contributed by atoms with E-state index in [0.29, 0.717) is 11.5 Å². The van der Waals surface area contributed by atoms with Gasteiger partial charge < -0.3 is 15.2 Å². The molecule has 6 heteroatoms. The number of nitrogens with one attached hydrogen (secondary N) is 2. The largest absolute Gasteiger partial charge is 0.347 e. The van der Waals surface area contributed by atoms with E-state index < -0.39 is 0 Å². The fourth-order valence-electron chi connectivity index (χ4n) is 3.72. The number of hydrogen-bond acceptors (Lipinski definition) is 3. The van der Waals surface area contributed by atoms with Crippen molar-refractivity contribution in [3.63, 3.8) is 0 Å². The van der Waals surface area contributed by atoms with E-state index in [0.717, 1.165) is 49.2 Å². The maximum Gasteiger partial charge on any atom is 0.287 e. The molecule has 0 radical (unpaired) electrons. The number of rotatable bonds is 5. The Hall–Kier alpha value is -2.63. The maximum absolute atomic E-state index is 13.2. The van der Waals surface area contributed by atoms with Gasteiger partial charge in [-0.25, -0.2) is 4.98 Å². The second-order valence-electron chi connectivity index (χ2n) is 8.87. The van der Waals surface area contributed by atoms with E-state index in [2.05, 4.69) is 36.4 Å². The van der Waals surface area contributed by atoms with Crippen LogP contribution in [0.25, 0.3) is 0 Å². The lowest BCUT2D eigenvalue weighted by molar-refractivity contribution is 0.0923. The quantitative estimate of drug-likeness (QED) is 0.791. The number of hydrogen-bond donors (Lipinski definition) is 2. The van der Waals surface area contributed by atoms with Gasteiger partial charge in [0.15, 0.2) is 11.5 Å². The highest BCUT2D eigenvalue weighted by Gasteiger charge is 2.28. The first kappa shape index (κ1) is 21.1. The molecule has 0 aliphatic carbocycles. The van der Waals surface area contributed by atoms with Crippen molar-refractivity contribution in [3.8, 4) is 0 Å². The zero-order chi connectivity index (χ0) is 21.2. The fourth-order valence-corrected chi connectivity index (χ4v) is 3.72. The topological polar surface area (TPSA) is 76.0 Å². The average Bonchev–Trinajstić information content (AvgIpc) is 3.07. The molecule has 3 rings (SSSR count). The molecule has 2 heterocycles. The van der Waals surface area contributed by atoms with E-state index in [9.17, 15) is 9.59 Å². The van der Waals surface area contributed by atoms with Crippen molar-refractivity contribution >= 4 is 17.5 Å². The fraction of sp³-hybridized carbons (Fsp3) is 0.522. The summed E-state index contributed by atoms with van der Waals surface area (Å²) in [6.07, 6.45) is 3.58. The van der Waals surface area contributed by atoms with Crippen LogP contribution >= 0.6 is 0 Å². The van der Waals surface area contributed by atoms with Gasteiger partial charge in [0.05, 0.1) is 5.69 Å². The van der Waals surface area contributed by atoms with Crippen LogP contribution in [0, 0.1) is 0 Å². The smallest absolute Gasteiger partial charge is 0.287 e. The molecule has 1 aliphatic rings. The SMILES string of the molecule is CCC(C)NC(=O)c1nc(C(=O)Nc2ccccc2C(C)(C)C)c2n1CCCC2. The molecule has 0 bridgehead atoms. The third-order valence-electron chi connectivity index (χ3n) is 5.51. The average molecular weight is 397 g/mol. The zero-order valence-electron chi connectivity index (χ0n) is 18.1. The summed E-state index contributed by atoms with van der Waals surface area (Å²) in [6, 6.07) is 7.90. The van der Waals surface area contributed by atoms with E-state index in [1.54, 1.807) is 0 Å².